The molecule has 0 spiro atoms. The minimum Gasteiger partial charge on any atom is -0.483 e. The summed E-state index contributed by atoms with van der Waals surface area (Å²) in [5.41, 5.74) is 0.837. The molecule has 0 heterocycles. The largest absolute Gasteiger partial charge is 0.483 e. The summed E-state index contributed by atoms with van der Waals surface area (Å²) in [5, 5.41) is 2.09. The van der Waals surface area contributed by atoms with E-state index in [4.69, 9.17) is 4.74 Å². The van der Waals surface area contributed by atoms with Gasteiger partial charge in [0.2, 0.25) is 0 Å². The summed E-state index contributed by atoms with van der Waals surface area (Å²) in [7, 11) is 0. The average molecular weight is 317 g/mol. The van der Waals surface area contributed by atoms with Crippen LogP contribution in [0.15, 0.2) is 85.5 Å². The van der Waals surface area contributed by atoms with Crippen LogP contribution in [0.25, 0.3) is 10.8 Å². The first-order chi connectivity index (χ1) is 11.8. The first-order valence-electron chi connectivity index (χ1n) is 7.86. The molecule has 0 unspecified atom stereocenters. The molecule has 0 N–H and O–H groups in total. The number of nitrogens with zero attached hydrogens (tertiary/aromatic N) is 1. The van der Waals surface area contributed by atoms with Gasteiger partial charge < -0.3 is 9.64 Å². The summed E-state index contributed by atoms with van der Waals surface area (Å²) >= 11 is 0. The zero-order valence-electron chi connectivity index (χ0n) is 13.4. The number of fused-ring (bicyclic) bond motifs is 1. The highest BCUT2D eigenvalue weighted by molar-refractivity contribution is 5.95. The molecule has 1 amide bonds. The van der Waals surface area contributed by atoms with Crippen LogP contribution in [0.3, 0.4) is 0 Å². The van der Waals surface area contributed by atoms with Crippen molar-refractivity contribution >= 4 is 22.4 Å². The molecule has 3 rings (SSSR count). The number of para-hydroxylation sites is 1. The molecule has 120 valence electrons. The van der Waals surface area contributed by atoms with Gasteiger partial charge in [0.1, 0.15) is 5.75 Å². The fourth-order valence-corrected chi connectivity index (χ4v) is 2.63. The maximum atomic E-state index is 12.6. The van der Waals surface area contributed by atoms with Crippen molar-refractivity contribution in [1.29, 1.82) is 0 Å². The minimum atomic E-state index is -0.103. The number of rotatable bonds is 6. The van der Waals surface area contributed by atoms with E-state index in [1.54, 1.807) is 11.0 Å². The predicted octanol–water partition coefficient (Wildman–Crippen LogP) is 4.44. The second-order valence-corrected chi connectivity index (χ2v) is 5.39. The number of ether oxygens (including phenoxy) is 1. The third-order valence-electron chi connectivity index (χ3n) is 3.78. The third-order valence-corrected chi connectivity index (χ3v) is 3.78. The lowest BCUT2D eigenvalue weighted by Gasteiger charge is -2.21. The number of hydrogen-bond donors (Lipinski definition) is 0. The molecule has 0 aliphatic rings. The van der Waals surface area contributed by atoms with Gasteiger partial charge in [0.15, 0.2) is 6.61 Å². The maximum absolute atomic E-state index is 12.6. The van der Waals surface area contributed by atoms with Crippen LogP contribution >= 0.6 is 0 Å². The Morgan fingerprint density at radius 3 is 2.46 bits per heavy atom. The van der Waals surface area contributed by atoms with Crippen molar-refractivity contribution in [1.82, 2.24) is 0 Å². The Morgan fingerprint density at radius 2 is 1.67 bits per heavy atom. The molecule has 3 aromatic carbocycles. The average Bonchev–Trinajstić information content (AvgIpc) is 2.65. The van der Waals surface area contributed by atoms with Gasteiger partial charge in [0.05, 0.1) is 0 Å². The highest BCUT2D eigenvalue weighted by Crippen LogP contribution is 2.25. The van der Waals surface area contributed by atoms with Crippen LogP contribution in [0.2, 0.25) is 0 Å². The fraction of sp³-hybridized carbons (Fsp3) is 0.0952. The molecule has 0 bridgehead atoms. The zero-order chi connectivity index (χ0) is 16.8. The van der Waals surface area contributed by atoms with Crippen LogP contribution in [-0.4, -0.2) is 19.1 Å². The third kappa shape index (κ3) is 3.46. The SMILES string of the molecule is C=CCN(C(=O)COc1cccc2ccccc12)c1ccccc1. The van der Waals surface area contributed by atoms with Gasteiger partial charge in [-0.1, -0.05) is 60.7 Å². The van der Waals surface area contributed by atoms with E-state index in [0.717, 1.165) is 16.5 Å². The molecule has 3 nitrogen and oxygen atoms in total. The lowest BCUT2D eigenvalue weighted by atomic mass is 10.1. The molecule has 0 fully saturated rings. The highest BCUT2D eigenvalue weighted by atomic mass is 16.5. The first-order valence-corrected chi connectivity index (χ1v) is 7.86. The molecule has 0 atom stereocenters. The lowest BCUT2D eigenvalue weighted by molar-refractivity contribution is -0.120. The number of benzene rings is 3. The summed E-state index contributed by atoms with van der Waals surface area (Å²) in [6.45, 7) is 4.16. The van der Waals surface area contributed by atoms with E-state index in [2.05, 4.69) is 6.58 Å². The second-order valence-electron chi connectivity index (χ2n) is 5.39. The van der Waals surface area contributed by atoms with E-state index in [1.165, 1.54) is 0 Å². The van der Waals surface area contributed by atoms with E-state index < -0.39 is 0 Å². The molecule has 3 heteroatoms. The minimum absolute atomic E-state index is 0.0171. The van der Waals surface area contributed by atoms with Crippen molar-refractivity contribution in [2.75, 3.05) is 18.1 Å². The molecule has 0 saturated heterocycles. The summed E-state index contributed by atoms with van der Waals surface area (Å²) < 4.78 is 5.80. The van der Waals surface area contributed by atoms with Crippen molar-refractivity contribution < 1.29 is 9.53 Å². The zero-order valence-corrected chi connectivity index (χ0v) is 13.4. The monoisotopic (exact) mass is 317 g/mol. The number of carbonyl (C=O) groups is 1. The molecule has 0 aliphatic carbocycles. The standard InChI is InChI=1S/C21H19NO2/c1-2-15-22(18-11-4-3-5-12-18)21(23)16-24-20-14-8-10-17-9-6-7-13-19(17)20/h2-14H,1,15-16H2. The lowest BCUT2D eigenvalue weighted by Crippen LogP contribution is -2.35. The first kappa shape index (κ1) is 15.8. The molecule has 0 radical (unpaired) electrons. The van der Waals surface area contributed by atoms with Gasteiger partial charge in [0, 0.05) is 17.6 Å². The van der Waals surface area contributed by atoms with Crippen LogP contribution in [-0.2, 0) is 4.79 Å². The number of anilines is 1. The predicted molar refractivity (Wildman–Crippen MR) is 98.4 cm³/mol. The van der Waals surface area contributed by atoms with Gasteiger partial charge >= 0.3 is 0 Å². The fourth-order valence-electron chi connectivity index (χ4n) is 2.63. The van der Waals surface area contributed by atoms with E-state index in [0.29, 0.717) is 12.3 Å². The van der Waals surface area contributed by atoms with Crippen molar-refractivity contribution in [2.24, 2.45) is 0 Å². The van der Waals surface area contributed by atoms with Crippen molar-refractivity contribution in [2.45, 2.75) is 0 Å². The number of hydrogen-bond acceptors (Lipinski definition) is 2. The number of amides is 1. The highest BCUT2D eigenvalue weighted by Gasteiger charge is 2.15. The summed E-state index contributed by atoms with van der Waals surface area (Å²) in [4.78, 5) is 14.3. The maximum Gasteiger partial charge on any atom is 0.265 e. The summed E-state index contributed by atoms with van der Waals surface area (Å²) in [6.07, 6.45) is 1.71. The van der Waals surface area contributed by atoms with Crippen LogP contribution in [0.1, 0.15) is 0 Å². The summed E-state index contributed by atoms with van der Waals surface area (Å²) in [5.74, 6) is 0.613. The quantitative estimate of drug-likeness (QED) is 0.629. The molecule has 24 heavy (non-hydrogen) atoms. The number of carbonyl (C=O) groups excluding carboxylic acids is 1. The van der Waals surface area contributed by atoms with Crippen LogP contribution in [0.4, 0.5) is 5.69 Å². The van der Waals surface area contributed by atoms with Gasteiger partial charge in [-0.25, -0.2) is 0 Å². The van der Waals surface area contributed by atoms with E-state index >= 15 is 0 Å². The Hall–Kier alpha value is -3.07. The van der Waals surface area contributed by atoms with E-state index in [1.807, 2.05) is 72.8 Å². The molecule has 0 saturated carbocycles. The smallest absolute Gasteiger partial charge is 0.265 e. The molecule has 0 aromatic heterocycles. The Balaban J connectivity index is 1.77. The Morgan fingerprint density at radius 1 is 0.958 bits per heavy atom. The molecule has 3 aromatic rings. The normalized spacial score (nSPS) is 10.3. The van der Waals surface area contributed by atoms with Crippen LogP contribution < -0.4 is 9.64 Å². The molecular formula is C21H19NO2. The Labute approximate surface area is 141 Å². The molecular weight excluding hydrogens is 298 g/mol. The van der Waals surface area contributed by atoms with Gasteiger partial charge in [-0.3, -0.25) is 4.79 Å². The van der Waals surface area contributed by atoms with Gasteiger partial charge in [0.25, 0.3) is 5.91 Å². The van der Waals surface area contributed by atoms with Gasteiger partial charge in [-0.15, -0.1) is 6.58 Å². The Bertz CT molecular complexity index is 837. The van der Waals surface area contributed by atoms with E-state index in [9.17, 15) is 4.79 Å². The van der Waals surface area contributed by atoms with Gasteiger partial charge in [-0.2, -0.15) is 0 Å². The van der Waals surface area contributed by atoms with Crippen molar-refractivity contribution in [3.63, 3.8) is 0 Å². The molecule has 0 aliphatic heterocycles. The van der Waals surface area contributed by atoms with Crippen molar-refractivity contribution in [3.8, 4) is 5.75 Å². The second kappa shape index (κ2) is 7.47. The van der Waals surface area contributed by atoms with E-state index in [-0.39, 0.29) is 12.5 Å². The topological polar surface area (TPSA) is 29.5 Å². The summed E-state index contributed by atoms with van der Waals surface area (Å²) in [6, 6.07) is 23.4. The van der Waals surface area contributed by atoms with Gasteiger partial charge in [-0.05, 0) is 23.6 Å². The van der Waals surface area contributed by atoms with Crippen LogP contribution in [0.5, 0.6) is 5.75 Å². The van der Waals surface area contributed by atoms with Crippen molar-refractivity contribution in [3.05, 3.63) is 85.5 Å². The Kier molecular flexibility index (Phi) is 4.92. The van der Waals surface area contributed by atoms with Crippen LogP contribution in [0, 0.1) is 0 Å².